The highest BCUT2D eigenvalue weighted by molar-refractivity contribution is 5.76. The summed E-state index contributed by atoms with van der Waals surface area (Å²) in [6, 6.07) is 3.89. The first-order valence-electron chi connectivity index (χ1n) is 5.67. The zero-order valence-electron chi connectivity index (χ0n) is 11.2. The summed E-state index contributed by atoms with van der Waals surface area (Å²) in [5.74, 6) is 1.62. The molecule has 0 saturated heterocycles. The van der Waals surface area contributed by atoms with Gasteiger partial charge in [0.2, 0.25) is 0 Å². The average molecular weight is 239 g/mol. The average Bonchev–Trinajstić information content (AvgIpc) is 2.61. The van der Waals surface area contributed by atoms with E-state index in [1.165, 1.54) is 7.11 Å². The molecule has 1 aromatic rings. The standard InChI is InChI=1S/C13H21NO3/c1-10-6-7-11(17-10)8-14(4)9-13(2,3)12(15)16-5/h6-7H,8-9H2,1-5H3. The van der Waals surface area contributed by atoms with Gasteiger partial charge in [-0.3, -0.25) is 9.69 Å². The molecule has 0 amide bonds. The molecule has 0 saturated carbocycles. The Balaban J connectivity index is 2.54. The number of methoxy groups -OCH3 is 1. The minimum absolute atomic E-state index is 0.194. The molecule has 0 unspecified atom stereocenters. The molecule has 4 nitrogen and oxygen atoms in total. The molecule has 1 rings (SSSR count). The maximum Gasteiger partial charge on any atom is 0.312 e. The molecule has 0 aliphatic carbocycles. The predicted molar refractivity (Wildman–Crippen MR) is 65.6 cm³/mol. The molecule has 0 aliphatic rings. The topological polar surface area (TPSA) is 42.7 Å². The van der Waals surface area contributed by atoms with E-state index in [9.17, 15) is 4.79 Å². The van der Waals surface area contributed by atoms with Gasteiger partial charge in [0.1, 0.15) is 11.5 Å². The number of hydrogen-bond donors (Lipinski definition) is 0. The second-order valence-electron chi connectivity index (χ2n) is 5.06. The lowest BCUT2D eigenvalue weighted by Gasteiger charge is -2.27. The third-order valence-electron chi connectivity index (χ3n) is 2.62. The molecule has 0 atom stereocenters. The summed E-state index contributed by atoms with van der Waals surface area (Å²) in [5.41, 5.74) is -0.509. The number of carbonyl (C=O) groups is 1. The molecule has 0 aromatic carbocycles. The maximum absolute atomic E-state index is 11.6. The van der Waals surface area contributed by atoms with Crippen LogP contribution in [0.3, 0.4) is 0 Å². The molecule has 0 radical (unpaired) electrons. The largest absolute Gasteiger partial charge is 0.469 e. The minimum atomic E-state index is -0.509. The van der Waals surface area contributed by atoms with Gasteiger partial charge in [0.15, 0.2) is 0 Å². The van der Waals surface area contributed by atoms with Gasteiger partial charge in [0.25, 0.3) is 0 Å². The number of carbonyl (C=O) groups excluding carboxylic acids is 1. The Morgan fingerprint density at radius 3 is 2.59 bits per heavy atom. The van der Waals surface area contributed by atoms with Crippen LogP contribution in [0, 0.1) is 12.3 Å². The number of aryl methyl sites for hydroxylation is 1. The number of nitrogens with zero attached hydrogens (tertiary/aromatic N) is 1. The monoisotopic (exact) mass is 239 g/mol. The Bertz CT molecular complexity index is 382. The number of ether oxygens (including phenoxy) is 1. The summed E-state index contributed by atoms with van der Waals surface area (Å²) in [6.45, 7) is 6.99. The molecular weight excluding hydrogens is 218 g/mol. The van der Waals surface area contributed by atoms with E-state index in [0.29, 0.717) is 13.1 Å². The van der Waals surface area contributed by atoms with E-state index in [1.54, 1.807) is 0 Å². The Kier molecular flexibility index (Phi) is 4.34. The lowest BCUT2D eigenvalue weighted by atomic mass is 9.93. The van der Waals surface area contributed by atoms with Gasteiger partial charge < -0.3 is 9.15 Å². The third kappa shape index (κ3) is 3.89. The fraction of sp³-hybridized carbons (Fsp3) is 0.615. The van der Waals surface area contributed by atoms with Crippen LogP contribution >= 0.6 is 0 Å². The predicted octanol–water partition coefficient (Wildman–Crippen LogP) is 2.22. The first kappa shape index (κ1) is 13.8. The SMILES string of the molecule is COC(=O)C(C)(C)CN(C)Cc1ccc(C)o1. The zero-order chi connectivity index (χ0) is 13.1. The molecule has 1 heterocycles. The van der Waals surface area contributed by atoms with E-state index in [1.807, 2.05) is 40.0 Å². The van der Waals surface area contributed by atoms with Crippen LogP contribution in [-0.2, 0) is 16.1 Å². The van der Waals surface area contributed by atoms with E-state index < -0.39 is 5.41 Å². The van der Waals surface area contributed by atoms with Crippen LogP contribution in [0.1, 0.15) is 25.4 Å². The van der Waals surface area contributed by atoms with Crippen molar-refractivity contribution in [3.05, 3.63) is 23.7 Å². The van der Waals surface area contributed by atoms with Gasteiger partial charge in [-0.05, 0) is 40.0 Å². The summed E-state index contributed by atoms with van der Waals surface area (Å²) in [4.78, 5) is 13.6. The molecule has 17 heavy (non-hydrogen) atoms. The van der Waals surface area contributed by atoms with Gasteiger partial charge in [-0.2, -0.15) is 0 Å². The minimum Gasteiger partial charge on any atom is -0.469 e. The molecule has 96 valence electrons. The summed E-state index contributed by atoms with van der Waals surface area (Å²) >= 11 is 0. The van der Waals surface area contributed by atoms with Crippen LogP contribution in [0.5, 0.6) is 0 Å². The number of furan rings is 1. The normalized spacial score (nSPS) is 11.9. The van der Waals surface area contributed by atoms with Crippen LogP contribution in [0.4, 0.5) is 0 Å². The molecule has 1 aromatic heterocycles. The van der Waals surface area contributed by atoms with Crippen molar-refractivity contribution in [1.29, 1.82) is 0 Å². The Hall–Kier alpha value is -1.29. The molecule has 0 aliphatic heterocycles. The Labute approximate surface area is 103 Å². The van der Waals surface area contributed by atoms with Gasteiger partial charge >= 0.3 is 5.97 Å². The molecule has 0 N–H and O–H groups in total. The Morgan fingerprint density at radius 1 is 1.47 bits per heavy atom. The second-order valence-corrected chi connectivity index (χ2v) is 5.06. The summed E-state index contributed by atoms with van der Waals surface area (Å²) in [5, 5.41) is 0. The van der Waals surface area contributed by atoms with Gasteiger partial charge in [-0.15, -0.1) is 0 Å². The van der Waals surface area contributed by atoms with Crippen molar-refractivity contribution in [2.24, 2.45) is 5.41 Å². The van der Waals surface area contributed by atoms with E-state index in [-0.39, 0.29) is 5.97 Å². The van der Waals surface area contributed by atoms with E-state index >= 15 is 0 Å². The Morgan fingerprint density at radius 2 is 2.12 bits per heavy atom. The van der Waals surface area contributed by atoms with Gasteiger partial charge in [-0.1, -0.05) is 0 Å². The first-order chi connectivity index (χ1) is 7.85. The number of rotatable bonds is 5. The fourth-order valence-electron chi connectivity index (χ4n) is 1.91. The lowest BCUT2D eigenvalue weighted by Crippen LogP contribution is -2.37. The highest BCUT2D eigenvalue weighted by atomic mass is 16.5. The summed E-state index contributed by atoms with van der Waals surface area (Å²) < 4.78 is 10.3. The molecule has 0 spiro atoms. The molecule has 0 bridgehead atoms. The highest BCUT2D eigenvalue weighted by Gasteiger charge is 2.30. The maximum atomic E-state index is 11.6. The van der Waals surface area contributed by atoms with Crippen molar-refractivity contribution < 1.29 is 13.9 Å². The van der Waals surface area contributed by atoms with Crippen LogP contribution in [0.25, 0.3) is 0 Å². The van der Waals surface area contributed by atoms with E-state index in [4.69, 9.17) is 9.15 Å². The molecular formula is C13H21NO3. The van der Waals surface area contributed by atoms with Crippen molar-refractivity contribution >= 4 is 5.97 Å². The second kappa shape index (κ2) is 5.36. The van der Waals surface area contributed by atoms with Crippen molar-refractivity contribution in [1.82, 2.24) is 4.90 Å². The van der Waals surface area contributed by atoms with Gasteiger partial charge in [0.05, 0.1) is 19.1 Å². The number of hydrogen-bond acceptors (Lipinski definition) is 4. The summed E-state index contributed by atoms with van der Waals surface area (Å²) in [6.07, 6.45) is 0. The van der Waals surface area contributed by atoms with Crippen molar-refractivity contribution in [2.45, 2.75) is 27.3 Å². The lowest BCUT2D eigenvalue weighted by molar-refractivity contribution is -0.151. The third-order valence-corrected chi connectivity index (χ3v) is 2.62. The zero-order valence-corrected chi connectivity index (χ0v) is 11.2. The van der Waals surface area contributed by atoms with Crippen LogP contribution in [0.2, 0.25) is 0 Å². The smallest absolute Gasteiger partial charge is 0.312 e. The van der Waals surface area contributed by atoms with Crippen molar-refractivity contribution in [3.8, 4) is 0 Å². The first-order valence-corrected chi connectivity index (χ1v) is 5.67. The van der Waals surface area contributed by atoms with Gasteiger partial charge in [0, 0.05) is 6.54 Å². The van der Waals surface area contributed by atoms with Crippen LogP contribution in [-0.4, -0.2) is 31.6 Å². The van der Waals surface area contributed by atoms with E-state index in [2.05, 4.69) is 4.90 Å². The van der Waals surface area contributed by atoms with E-state index in [0.717, 1.165) is 11.5 Å². The van der Waals surface area contributed by atoms with Crippen molar-refractivity contribution in [2.75, 3.05) is 20.7 Å². The van der Waals surface area contributed by atoms with Crippen LogP contribution < -0.4 is 0 Å². The molecule has 0 fully saturated rings. The quantitative estimate of drug-likeness (QED) is 0.739. The van der Waals surface area contributed by atoms with Crippen LogP contribution in [0.15, 0.2) is 16.5 Å². The summed E-state index contributed by atoms with van der Waals surface area (Å²) in [7, 11) is 3.38. The highest BCUT2D eigenvalue weighted by Crippen LogP contribution is 2.19. The van der Waals surface area contributed by atoms with Crippen molar-refractivity contribution in [3.63, 3.8) is 0 Å². The number of esters is 1. The molecule has 4 heteroatoms. The fourth-order valence-corrected chi connectivity index (χ4v) is 1.91. The van der Waals surface area contributed by atoms with Gasteiger partial charge in [-0.25, -0.2) is 0 Å².